The highest BCUT2D eigenvalue weighted by molar-refractivity contribution is 6.25. The predicted octanol–water partition coefficient (Wildman–Crippen LogP) is 1.07. The summed E-state index contributed by atoms with van der Waals surface area (Å²) in [5.41, 5.74) is 0.861. The summed E-state index contributed by atoms with van der Waals surface area (Å²) in [4.78, 5) is 24.8. The van der Waals surface area contributed by atoms with Crippen LogP contribution in [0.5, 0.6) is 11.5 Å². The molecule has 0 unspecified atom stereocenters. The number of carbonyl (C=O) groups is 1. The van der Waals surface area contributed by atoms with Crippen molar-refractivity contribution < 1.29 is 32.2 Å². The lowest BCUT2D eigenvalue weighted by Crippen LogP contribution is -2.09. The fourth-order valence-corrected chi connectivity index (χ4v) is 2.11. The average molecular weight is 352 g/mol. The summed E-state index contributed by atoms with van der Waals surface area (Å²) in [7, 11) is -5.70. The van der Waals surface area contributed by atoms with Crippen LogP contribution in [0.2, 0.25) is 0 Å². The van der Waals surface area contributed by atoms with Crippen molar-refractivity contribution >= 4 is 25.1 Å². The molecule has 122 valence electrons. The van der Waals surface area contributed by atoms with Gasteiger partial charge < -0.3 is 23.2 Å². The summed E-state index contributed by atoms with van der Waals surface area (Å²) in [6, 6.07) is 15.6. The lowest BCUT2D eigenvalue weighted by Gasteiger charge is -2.01. The quantitative estimate of drug-likeness (QED) is 0.792. The number of aryl methyl sites for hydroxylation is 1. The van der Waals surface area contributed by atoms with Gasteiger partial charge in [-0.15, -0.1) is 0 Å². The van der Waals surface area contributed by atoms with Gasteiger partial charge in [0.25, 0.3) is 0 Å². The summed E-state index contributed by atoms with van der Waals surface area (Å²) >= 11 is 0. The van der Waals surface area contributed by atoms with Crippen LogP contribution in [0.25, 0.3) is 0 Å². The van der Waals surface area contributed by atoms with Crippen LogP contribution in [0.15, 0.2) is 54.6 Å². The zero-order valence-corrected chi connectivity index (χ0v) is 14.3. The molecule has 0 saturated carbocycles. The first-order valence-electron chi connectivity index (χ1n) is 6.20. The molecule has 0 spiro atoms. The Balaban J connectivity index is 0.000000381. The first-order chi connectivity index (χ1) is 11.0. The maximum absolute atomic E-state index is 10.3. The van der Waals surface area contributed by atoms with Crippen LogP contribution in [0.4, 0.5) is 0 Å². The van der Waals surface area contributed by atoms with Gasteiger partial charge in [0.15, 0.2) is 0 Å². The summed E-state index contributed by atoms with van der Waals surface area (Å²) in [5.74, 6) is 0.896. The number of hydrogen-bond acceptors (Lipinski definition) is 5. The molecule has 0 aliphatic rings. The molecule has 9 heteroatoms. The highest BCUT2D eigenvalue weighted by Gasteiger charge is 2.06. The molecule has 0 radical (unpaired) electrons. The zero-order chi connectivity index (χ0) is 17.7. The van der Waals surface area contributed by atoms with E-state index in [0.717, 1.165) is 5.56 Å². The Morgan fingerprint density at radius 1 is 0.826 bits per heavy atom. The van der Waals surface area contributed by atoms with Gasteiger partial charge in [0.1, 0.15) is 18.3 Å². The normalized spacial score (nSPS) is 8.39. The van der Waals surface area contributed by atoms with Gasteiger partial charge in [0.2, 0.25) is 0 Å². The summed E-state index contributed by atoms with van der Waals surface area (Å²) < 4.78 is 29.6. The van der Waals surface area contributed by atoms with Crippen molar-refractivity contribution in [3.63, 3.8) is 0 Å². The number of rotatable bonds is 4. The zero-order valence-electron chi connectivity index (χ0n) is 12.3. The highest BCUT2D eigenvalue weighted by atomic mass is 28.3. The molecule has 23 heavy (non-hydrogen) atoms. The molecule has 2 rings (SSSR count). The SMILES string of the molecule is C=O.Cc1ccccc1O[Si](=O)O.O=[Si](O)Oc1ccccc1. The van der Waals surface area contributed by atoms with Gasteiger partial charge in [-0.25, -0.2) is 0 Å². The molecule has 0 aromatic heterocycles. The van der Waals surface area contributed by atoms with Crippen LogP contribution >= 0.6 is 0 Å². The van der Waals surface area contributed by atoms with Crippen LogP contribution in [-0.2, 0) is 13.7 Å². The molecule has 0 aliphatic heterocycles. The van der Waals surface area contributed by atoms with Gasteiger partial charge in [-0.3, -0.25) is 8.92 Å². The number of para-hydroxylation sites is 2. The molecule has 2 N–H and O–H groups in total. The molecule has 7 nitrogen and oxygen atoms in total. The molecular weight excluding hydrogens is 336 g/mol. The second kappa shape index (κ2) is 11.9. The second-order valence-corrected chi connectivity index (χ2v) is 5.29. The van der Waals surface area contributed by atoms with Crippen LogP contribution < -0.4 is 8.85 Å². The molecule has 0 amide bonds. The van der Waals surface area contributed by atoms with Gasteiger partial charge in [-0.1, -0.05) is 36.4 Å². The van der Waals surface area contributed by atoms with Gasteiger partial charge in [0.05, 0.1) is 0 Å². The minimum absolute atomic E-state index is 0.425. The summed E-state index contributed by atoms with van der Waals surface area (Å²) in [6.45, 7) is 3.82. The molecular formula is C14H16O7Si2. The Bertz CT molecular complexity index is 620. The van der Waals surface area contributed by atoms with Gasteiger partial charge >= 0.3 is 18.3 Å². The predicted molar refractivity (Wildman–Crippen MR) is 83.3 cm³/mol. The molecule has 0 aliphatic carbocycles. The van der Waals surface area contributed by atoms with Crippen LogP contribution in [0.3, 0.4) is 0 Å². The fraction of sp³-hybridized carbons (Fsp3) is 0.0714. The van der Waals surface area contributed by atoms with Crippen LogP contribution in [0, 0.1) is 6.92 Å². The Morgan fingerprint density at radius 2 is 1.30 bits per heavy atom. The minimum atomic E-state index is -2.86. The van der Waals surface area contributed by atoms with E-state index in [-0.39, 0.29) is 0 Å². The molecule has 2 aromatic rings. The average Bonchev–Trinajstić information content (AvgIpc) is 2.52. The number of carbonyl (C=O) groups excluding carboxylic acids is 1. The van der Waals surface area contributed by atoms with Gasteiger partial charge in [-0.05, 0) is 30.7 Å². The van der Waals surface area contributed by atoms with E-state index in [4.69, 9.17) is 14.4 Å². The second-order valence-electron chi connectivity index (χ2n) is 3.81. The number of benzene rings is 2. The van der Waals surface area contributed by atoms with Crippen molar-refractivity contribution in [1.82, 2.24) is 0 Å². The maximum atomic E-state index is 10.3. The van der Waals surface area contributed by atoms with E-state index in [1.165, 1.54) is 0 Å². The molecule has 2 aromatic carbocycles. The van der Waals surface area contributed by atoms with E-state index in [2.05, 4.69) is 8.85 Å². The third kappa shape index (κ3) is 9.82. The van der Waals surface area contributed by atoms with Crippen molar-refractivity contribution in [1.29, 1.82) is 0 Å². The lowest BCUT2D eigenvalue weighted by molar-refractivity contribution is -0.0980. The van der Waals surface area contributed by atoms with Crippen LogP contribution in [-0.4, -0.2) is 34.7 Å². The molecule has 0 atom stereocenters. The van der Waals surface area contributed by atoms with Gasteiger partial charge in [-0.2, -0.15) is 0 Å². The Labute approximate surface area is 136 Å². The minimum Gasteiger partial charge on any atom is -0.511 e. The summed E-state index contributed by atoms with van der Waals surface area (Å²) in [5, 5.41) is 0. The first kappa shape index (κ1) is 20.3. The Morgan fingerprint density at radius 3 is 1.78 bits per heavy atom. The lowest BCUT2D eigenvalue weighted by atomic mass is 10.2. The molecule has 0 fully saturated rings. The van der Waals surface area contributed by atoms with E-state index in [9.17, 15) is 8.92 Å². The maximum Gasteiger partial charge on any atom is 0.770 e. The fourth-order valence-electron chi connectivity index (χ4n) is 1.35. The van der Waals surface area contributed by atoms with E-state index in [0.29, 0.717) is 11.5 Å². The monoisotopic (exact) mass is 352 g/mol. The third-order valence-electron chi connectivity index (χ3n) is 2.24. The standard InChI is InChI=1S/C7H8O3Si.C6H6O3Si.CH2O/c1-6-4-2-3-5-7(6)10-11(8)9;7-10(8)9-6-4-2-1-3-5-6;1-2/h2-5,8H,1H3;1-5,7H;1H2. The number of hydrogen-bond donors (Lipinski definition) is 2. The third-order valence-corrected chi connectivity index (χ3v) is 3.04. The largest absolute Gasteiger partial charge is 0.770 e. The Kier molecular flexibility index (Phi) is 10.6. The Hall–Kier alpha value is -2.66. The van der Waals surface area contributed by atoms with Crippen LogP contribution in [0.1, 0.15) is 5.56 Å². The summed E-state index contributed by atoms with van der Waals surface area (Å²) in [6.07, 6.45) is 0. The van der Waals surface area contributed by atoms with Crippen molar-refractivity contribution in [2.45, 2.75) is 6.92 Å². The van der Waals surface area contributed by atoms with Crippen molar-refractivity contribution in [3.05, 3.63) is 60.2 Å². The smallest absolute Gasteiger partial charge is 0.511 e. The molecule has 0 heterocycles. The first-order valence-corrected chi connectivity index (χ1v) is 8.73. The van der Waals surface area contributed by atoms with E-state index < -0.39 is 18.3 Å². The molecule has 0 saturated heterocycles. The molecule has 0 bridgehead atoms. The van der Waals surface area contributed by atoms with Crippen molar-refractivity contribution in [2.75, 3.05) is 0 Å². The van der Waals surface area contributed by atoms with Crippen molar-refractivity contribution in [2.24, 2.45) is 0 Å². The van der Waals surface area contributed by atoms with Crippen molar-refractivity contribution in [3.8, 4) is 11.5 Å². The topological polar surface area (TPSA) is 110 Å². The highest BCUT2D eigenvalue weighted by Crippen LogP contribution is 2.15. The van der Waals surface area contributed by atoms with Gasteiger partial charge in [0, 0.05) is 0 Å². The van der Waals surface area contributed by atoms with E-state index >= 15 is 0 Å². The van der Waals surface area contributed by atoms with E-state index in [1.54, 1.807) is 42.5 Å². The van der Waals surface area contributed by atoms with E-state index in [1.807, 2.05) is 25.8 Å².